The molecule has 3 rings (SSSR count). The van der Waals surface area contributed by atoms with Crippen LogP contribution in [0.5, 0.6) is 0 Å². The van der Waals surface area contributed by atoms with Crippen LogP contribution in [-0.2, 0) is 6.54 Å². The normalized spacial score (nSPS) is 10.7. The highest BCUT2D eigenvalue weighted by molar-refractivity contribution is 9.10. The lowest BCUT2D eigenvalue weighted by Crippen LogP contribution is -2.00. The molecule has 0 aromatic heterocycles. The van der Waals surface area contributed by atoms with Crippen LogP contribution in [0.2, 0.25) is 0 Å². The van der Waals surface area contributed by atoms with Crippen LogP contribution in [0.25, 0.3) is 10.8 Å². The van der Waals surface area contributed by atoms with Crippen molar-refractivity contribution in [3.05, 3.63) is 76.3 Å². The minimum absolute atomic E-state index is 0.822. The Labute approximate surface area is 127 Å². The molecule has 0 unspecified atom stereocenters. The maximum absolute atomic E-state index is 3.61. The SMILES string of the molecule is Cc1ccc(NCc2cccc3ccccc23)c(Br)c1. The number of aryl methyl sites for hydroxylation is 1. The van der Waals surface area contributed by atoms with Gasteiger partial charge >= 0.3 is 0 Å². The number of benzene rings is 3. The first kappa shape index (κ1) is 13.2. The number of rotatable bonds is 3. The van der Waals surface area contributed by atoms with E-state index in [2.05, 4.69) is 88.8 Å². The lowest BCUT2D eigenvalue weighted by atomic mass is 10.0. The minimum Gasteiger partial charge on any atom is -0.380 e. The third-order valence-corrected chi connectivity index (χ3v) is 4.13. The highest BCUT2D eigenvalue weighted by Crippen LogP contribution is 2.25. The zero-order chi connectivity index (χ0) is 13.9. The summed E-state index contributed by atoms with van der Waals surface area (Å²) in [4.78, 5) is 0. The highest BCUT2D eigenvalue weighted by atomic mass is 79.9. The largest absolute Gasteiger partial charge is 0.380 e. The molecule has 0 atom stereocenters. The van der Waals surface area contributed by atoms with Crippen molar-refractivity contribution in [2.75, 3.05) is 5.32 Å². The molecule has 2 heteroatoms. The fourth-order valence-electron chi connectivity index (χ4n) is 2.40. The van der Waals surface area contributed by atoms with Crippen LogP contribution in [0, 0.1) is 6.92 Å². The molecule has 3 aromatic carbocycles. The van der Waals surface area contributed by atoms with E-state index in [1.807, 2.05) is 0 Å². The lowest BCUT2D eigenvalue weighted by molar-refractivity contribution is 1.16. The van der Waals surface area contributed by atoms with Gasteiger partial charge in [0.15, 0.2) is 0 Å². The second-order valence-corrected chi connectivity index (χ2v) is 5.83. The molecule has 0 fully saturated rings. The zero-order valence-corrected chi connectivity index (χ0v) is 12.9. The van der Waals surface area contributed by atoms with Gasteiger partial charge in [0.25, 0.3) is 0 Å². The summed E-state index contributed by atoms with van der Waals surface area (Å²) in [5.41, 5.74) is 3.70. The Kier molecular flexibility index (Phi) is 3.75. The van der Waals surface area contributed by atoms with Crippen molar-refractivity contribution in [2.24, 2.45) is 0 Å². The summed E-state index contributed by atoms with van der Waals surface area (Å²) < 4.78 is 1.11. The number of fused-ring (bicyclic) bond motifs is 1. The van der Waals surface area contributed by atoms with Gasteiger partial charge in [-0.15, -0.1) is 0 Å². The lowest BCUT2D eigenvalue weighted by Gasteiger charge is -2.11. The summed E-state index contributed by atoms with van der Waals surface area (Å²) >= 11 is 3.61. The van der Waals surface area contributed by atoms with Crippen LogP contribution in [0.3, 0.4) is 0 Å². The molecule has 0 bridgehead atoms. The van der Waals surface area contributed by atoms with E-state index in [4.69, 9.17) is 0 Å². The molecule has 0 radical (unpaired) electrons. The Hall–Kier alpha value is -1.80. The predicted octanol–water partition coefficient (Wildman–Crippen LogP) is 5.52. The summed E-state index contributed by atoms with van der Waals surface area (Å²) in [5, 5.41) is 6.10. The van der Waals surface area contributed by atoms with E-state index in [1.54, 1.807) is 0 Å². The maximum atomic E-state index is 3.61. The van der Waals surface area contributed by atoms with Crippen molar-refractivity contribution in [1.82, 2.24) is 0 Å². The van der Waals surface area contributed by atoms with Crippen molar-refractivity contribution < 1.29 is 0 Å². The van der Waals surface area contributed by atoms with Crippen LogP contribution < -0.4 is 5.32 Å². The Morgan fingerprint density at radius 2 is 1.75 bits per heavy atom. The summed E-state index contributed by atoms with van der Waals surface area (Å²) in [5.74, 6) is 0. The van der Waals surface area contributed by atoms with Crippen LogP contribution in [-0.4, -0.2) is 0 Å². The Bertz CT molecular complexity index is 744. The molecule has 0 aliphatic rings. The molecular formula is C18H16BrN. The average molecular weight is 326 g/mol. The molecule has 1 N–H and O–H groups in total. The zero-order valence-electron chi connectivity index (χ0n) is 11.4. The Morgan fingerprint density at radius 3 is 2.60 bits per heavy atom. The first-order valence-corrected chi connectivity index (χ1v) is 7.50. The van der Waals surface area contributed by atoms with Crippen molar-refractivity contribution in [1.29, 1.82) is 0 Å². The van der Waals surface area contributed by atoms with Gasteiger partial charge in [-0.2, -0.15) is 0 Å². The van der Waals surface area contributed by atoms with Gasteiger partial charge in [-0.1, -0.05) is 48.5 Å². The van der Waals surface area contributed by atoms with E-state index in [0.717, 1.165) is 16.7 Å². The summed E-state index contributed by atoms with van der Waals surface area (Å²) in [6.45, 7) is 2.92. The van der Waals surface area contributed by atoms with E-state index in [1.165, 1.54) is 21.9 Å². The van der Waals surface area contributed by atoms with E-state index < -0.39 is 0 Å². The van der Waals surface area contributed by atoms with Crippen molar-refractivity contribution in [3.63, 3.8) is 0 Å². The smallest absolute Gasteiger partial charge is 0.0487 e. The van der Waals surface area contributed by atoms with Gasteiger partial charge in [0.2, 0.25) is 0 Å². The average Bonchev–Trinajstić information content (AvgIpc) is 2.46. The van der Waals surface area contributed by atoms with Gasteiger partial charge in [-0.05, 0) is 56.9 Å². The third kappa shape index (κ3) is 2.70. The molecule has 1 nitrogen and oxygen atoms in total. The summed E-state index contributed by atoms with van der Waals surface area (Å²) in [6, 6.07) is 21.3. The van der Waals surface area contributed by atoms with Gasteiger partial charge in [-0.25, -0.2) is 0 Å². The van der Waals surface area contributed by atoms with E-state index >= 15 is 0 Å². The standard InChI is InChI=1S/C18H16BrN/c1-13-9-10-18(17(19)11-13)20-12-15-7-4-6-14-5-2-3-8-16(14)15/h2-11,20H,12H2,1H3. The third-order valence-electron chi connectivity index (χ3n) is 3.47. The van der Waals surface area contributed by atoms with Gasteiger partial charge in [0.1, 0.15) is 0 Å². The fraction of sp³-hybridized carbons (Fsp3) is 0.111. The number of nitrogens with one attached hydrogen (secondary N) is 1. The molecule has 3 aromatic rings. The Balaban J connectivity index is 1.87. The van der Waals surface area contributed by atoms with Crippen molar-refractivity contribution >= 4 is 32.4 Å². The highest BCUT2D eigenvalue weighted by Gasteiger charge is 2.02. The number of anilines is 1. The number of halogens is 1. The fourth-order valence-corrected chi connectivity index (χ4v) is 3.03. The molecule has 20 heavy (non-hydrogen) atoms. The van der Waals surface area contributed by atoms with Gasteiger partial charge in [-0.3, -0.25) is 0 Å². The molecule has 0 saturated carbocycles. The first-order chi connectivity index (χ1) is 9.74. The quantitative estimate of drug-likeness (QED) is 0.668. The van der Waals surface area contributed by atoms with Crippen molar-refractivity contribution in [3.8, 4) is 0 Å². The van der Waals surface area contributed by atoms with Crippen LogP contribution >= 0.6 is 15.9 Å². The van der Waals surface area contributed by atoms with Crippen LogP contribution in [0.4, 0.5) is 5.69 Å². The molecule has 0 saturated heterocycles. The second-order valence-electron chi connectivity index (χ2n) is 4.98. The monoisotopic (exact) mass is 325 g/mol. The second kappa shape index (κ2) is 5.68. The van der Waals surface area contributed by atoms with E-state index in [0.29, 0.717) is 0 Å². The summed E-state index contributed by atoms with van der Waals surface area (Å²) in [7, 11) is 0. The predicted molar refractivity (Wildman–Crippen MR) is 90.2 cm³/mol. The number of hydrogen-bond donors (Lipinski definition) is 1. The molecule has 0 aliphatic heterocycles. The summed E-state index contributed by atoms with van der Waals surface area (Å²) in [6.07, 6.45) is 0. The topological polar surface area (TPSA) is 12.0 Å². The van der Waals surface area contributed by atoms with Gasteiger partial charge < -0.3 is 5.32 Å². The van der Waals surface area contributed by atoms with Crippen LogP contribution in [0.1, 0.15) is 11.1 Å². The molecule has 100 valence electrons. The first-order valence-electron chi connectivity index (χ1n) is 6.71. The Morgan fingerprint density at radius 1 is 0.950 bits per heavy atom. The minimum atomic E-state index is 0.822. The van der Waals surface area contributed by atoms with E-state index in [9.17, 15) is 0 Å². The van der Waals surface area contributed by atoms with Gasteiger partial charge in [0, 0.05) is 16.7 Å². The molecule has 0 amide bonds. The molecule has 0 spiro atoms. The number of hydrogen-bond acceptors (Lipinski definition) is 1. The van der Waals surface area contributed by atoms with Crippen LogP contribution in [0.15, 0.2) is 65.1 Å². The molecule has 0 heterocycles. The molecule has 0 aliphatic carbocycles. The molecular weight excluding hydrogens is 310 g/mol. The van der Waals surface area contributed by atoms with Crippen molar-refractivity contribution in [2.45, 2.75) is 13.5 Å². The maximum Gasteiger partial charge on any atom is 0.0487 e. The van der Waals surface area contributed by atoms with E-state index in [-0.39, 0.29) is 0 Å². The van der Waals surface area contributed by atoms with Gasteiger partial charge in [0.05, 0.1) is 0 Å².